The molecule has 0 atom stereocenters. The third-order valence-corrected chi connectivity index (χ3v) is 1.85. The van der Waals surface area contributed by atoms with Crippen molar-refractivity contribution in [2.45, 2.75) is 0 Å². The molecule has 0 amide bonds. The van der Waals surface area contributed by atoms with Gasteiger partial charge in [-0.25, -0.2) is 0 Å². The molecule has 0 radical (unpaired) electrons. The minimum absolute atomic E-state index is 0.564. The van der Waals surface area contributed by atoms with Crippen LogP contribution in [-0.4, -0.2) is 4.98 Å². The van der Waals surface area contributed by atoms with E-state index in [9.17, 15) is 0 Å². The molecule has 2 nitrogen and oxygen atoms in total. The van der Waals surface area contributed by atoms with E-state index in [1.54, 1.807) is 12.1 Å². The summed E-state index contributed by atoms with van der Waals surface area (Å²) in [4.78, 5) is 2.80. The molecule has 4 heteroatoms. The van der Waals surface area contributed by atoms with E-state index >= 15 is 0 Å². The molecule has 1 aromatic rings. The number of pyridine rings is 1. The normalized spacial score (nSPS) is 8.80. The molecule has 1 heterocycles. The lowest BCUT2D eigenvalue weighted by Crippen LogP contribution is -1.81. The van der Waals surface area contributed by atoms with E-state index in [1.807, 2.05) is 6.07 Å². The van der Waals surface area contributed by atoms with Crippen molar-refractivity contribution < 1.29 is 0 Å². The number of aromatic nitrogens is 1. The Hall–Kier alpha value is -0.660. The fraction of sp³-hybridized carbons (Fsp3) is 0. The van der Waals surface area contributed by atoms with Gasteiger partial charge in [-0.05, 0) is 28.1 Å². The van der Waals surface area contributed by atoms with E-state index < -0.39 is 0 Å². The van der Waals surface area contributed by atoms with Crippen molar-refractivity contribution in [3.8, 4) is 6.07 Å². The van der Waals surface area contributed by atoms with Crippen LogP contribution in [0.1, 0.15) is 5.56 Å². The smallest absolute Gasteiger partial charge is 0.104 e. The largest absolute Gasteiger partial charge is 0.340 e. The maximum atomic E-state index is 8.48. The Labute approximate surface area is 71.6 Å². The average Bonchev–Trinajstić information content (AvgIpc) is 1.88. The number of hydrogen-bond acceptors (Lipinski definition) is 2. The van der Waals surface area contributed by atoms with Crippen LogP contribution in [0, 0.1) is 16.0 Å². The summed E-state index contributed by atoms with van der Waals surface area (Å²) in [5.74, 6) is 0. The van der Waals surface area contributed by atoms with Crippen LogP contribution in [0.15, 0.2) is 16.7 Å². The lowest BCUT2D eigenvalue weighted by Gasteiger charge is -1.91. The van der Waals surface area contributed by atoms with Gasteiger partial charge in [0.25, 0.3) is 0 Å². The van der Waals surface area contributed by atoms with Crippen LogP contribution in [0.3, 0.4) is 0 Å². The van der Waals surface area contributed by atoms with Crippen LogP contribution < -0.4 is 0 Å². The molecule has 0 saturated carbocycles. The molecule has 0 bridgehead atoms. The first-order valence-corrected chi connectivity index (χ1v) is 3.73. The van der Waals surface area contributed by atoms with Crippen LogP contribution in [0.4, 0.5) is 0 Å². The SMILES string of the molecule is N#Cc1ccc(=S)[nH]c1Br. The maximum absolute atomic E-state index is 8.48. The number of nitrogens with one attached hydrogen (secondary N) is 1. The number of aromatic amines is 1. The third-order valence-electron chi connectivity index (χ3n) is 0.991. The highest BCUT2D eigenvalue weighted by atomic mass is 79.9. The summed E-state index contributed by atoms with van der Waals surface area (Å²) in [6.07, 6.45) is 0. The first kappa shape index (κ1) is 7.45. The molecular formula is C6H3BrN2S. The molecule has 0 saturated heterocycles. The lowest BCUT2D eigenvalue weighted by atomic mass is 10.3. The Morgan fingerprint density at radius 2 is 2.30 bits per heavy atom. The van der Waals surface area contributed by atoms with Crippen molar-refractivity contribution in [3.63, 3.8) is 0 Å². The summed E-state index contributed by atoms with van der Waals surface area (Å²) in [7, 11) is 0. The number of nitrogens with zero attached hydrogens (tertiary/aromatic N) is 1. The van der Waals surface area contributed by atoms with Gasteiger partial charge in [0.05, 0.1) is 5.56 Å². The minimum atomic E-state index is 0.564. The van der Waals surface area contributed by atoms with Crippen LogP contribution in [-0.2, 0) is 0 Å². The number of H-pyrrole nitrogens is 1. The van der Waals surface area contributed by atoms with E-state index in [1.165, 1.54) is 0 Å². The van der Waals surface area contributed by atoms with Crippen LogP contribution >= 0.6 is 28.1 Å². The minimum Gasteiger partial charge on any atom is -0.340 e. The molecule has 1 N–H and O–H groups in total. The molecule has 0 aliphatic heterocycles. The van der Waals surface area contributed by atoms with Gasteiger partial charge in [0.1, 0.15) is 15.3 Å². The van der Waals surface area contributed by atoms with Gasteiger partial charge >= 0.3 is 0 Å². The number of nitriles is 1. The second-order valence-corrected chi connectivity index (χ2v) is 2.89. The molecule has 0 fully saturated rings. The summed E-state index contributed by atoms with van der Waals surface area (Å²) in [6, 6.07) is 5.35. The van der Waals surface area contributed by atoms with Gasteiger partial charge in [-0.2, -0.15) is 5.26 Å². The van der Waals surface area contributed by atoms with Crippen molar-refractivity contribution in [3.05, 3.63) is 26.9 Å². The predicted molar refractivity (Wildman–Crippen MR) is 44.0 cm³/mol. The molecule has 1 rings (SSSR count). The van der Waals surface area contributed by atoms with Crippen LogP contribution in [0.2, 0.25) is 0 Å². The standard InChI is InChI=1S/C6H3BrN2S/c7-6-4(3-8)1-2-5(10)9-6/h1-2H,(H,9,10). The van der Waals surface area contributed by atoms with E-state index in [0.717, 1.165) is 0 Å². The molecule has 50 valence electrons. The van der Waals surface area contributed by atoms with E-state index in [4.69, 9.17) is 17.5 Å². The lowest BCUT2D eigenvalue weighted by molar-refractivity contribution is 1.23. The van der Waals surface area contributed by atoms with Gasteiger partial charge in [0.15, 0.2) is 0 Å². The second kappa shape index (κ2) is 2.95. The molecule has 0 aliphatic carbocycles. The summed E-state index contributed by atoms with van der Waals surface area (Å²) >= 11 is 7.97. The number of hydrogen-bond donors (Lipinski definition) is 1. The van der Waals surface area contributed by atoms with Gasteiger partial charge < -0.3 is 4.98 Å². The van der Waals surface area contributed by atoms with Crippen molar-refractivity contribution >= 4 is 28.1 Å². The average molecular weight is 215 g/mol. The van der Waals surface area contributed by atoms with Crippen molar-refractivity contribution in [2.24, 2.45) is 0 Å². The summed E-state index contributed by atoms with van der Waals surface area (Å²) in [5.41, 5.74) is 0.564. The van der Waals surface area contributed by atoms with E-state index in [-0.39, 0.29) is 0 Å². The monoisotopic (exact) mass is 214 g/mol. The third kappa shape index (κ3) is 1.43. The molecule has 1 aromatic heterocycles. The topological polar surface area (TPSA) is 39.6 Å². The molecule has 0 spiro atoms. The highest BCUT2D eigenvalue weighted by Gasteiger charge is 1.94. The van der Waals surface area contributed by atoms with Gasteiger partial charge in [-0.1, -0.05) is 12.2 Å². The van der Waals surface area contributed by atoms with Gasteiger partial charge in [0, 0.05) is 0 Å². The van der Waals surface area contributed by atoms with Crippen molar-refractivity contribution in [2.75, 3.05) is 0 Å². The van der Waals surface area contributed by atoms with Crippen LogP contribution in [0.5, 0.6) is 0 Å². The van der Waals surface area contributed by atoms with Crippen LogP contribution in [0.25, 0.3) is 0 Å². The van der Waals surface area contributed by atoms with Crippen molar-refractivity contribution in [1.29, 1.82) is 5.26 Å². The zero-order valence-corrected chi connectivity index (χ0v) is 7.29. The zero-order chi connectivity index (χ0) is 7.56. The summed E-state index contributed by atoms with van der Waals surface area (Å²) in [6.45, 7) is 0. The van der Waals surface area contributed by atoms with E-state index in [0.29, 0.717) is 14.8 Å². The number of halogens is 1. The predicted octanol–water partition coefficient (Wildman–Crippen LogP) is 2.38. The molecule has 0 unspecified atom stereocenters. The highest BCUT2D eigenvalue weighted by Crippen LogP contribution is 2.10. The molecule has 0 aromatic carbocycles. The van der Waals surface area contributed by atoms with Gasteiger partial charge in [-0.15, -0.1) is 0 Å². The van der Waals surface area contributed by atoms with Gasteiger partial charge in [-0.3, -0.25) is 0 Å². The first-order chi connectivity index (χ1) is 4.74. The Bertz CT molecular complexity index is 336. The summed E-state index contributed by atoms with van der Waals surface area (Å²) in [5, 5.41) is 8.48. The fourth-order valence-electron chi connectivity index (χ4n) is 0.536. The highest BCUT2D eigenvalue weighted by molar-refractivity contribution is 9.10. The quantitative estimate of drug-likeness (QED) is 0.533. The Morgan fingerprint density at radius 3 is 2.80 bits per heavy atom. The number of rotatable bonds is 0. The zero-order valence-electron chi connectivity index (χ0n) is 4.89. The molecule has 0 aliphatic rings. The molecular weight excluding hydrogens is 212 g/mol. The Morgan fingerprint density at radius 1 is 1.60 bits per heavy atom. The van der Waals surface area contributed by atoms with Gasteiger partial charge in [0.2, 0.25) is 0 Å². The fourth-order valence-corrected chi connectivity index (χ4v) is 1.27. The second-order valence-electron chi connectivity index (χ2n) is 1.66. The Balaban J connectivity index is 3.37. The first-order valence-electron chi connectivity index (χ1n) is 2.53. The van der Waals surface area contributed by atoms with E-state index in [2.05, 4.69) is 20.9 Å². The summed E-state index contributed by atoms with van der Waals surface area (Å²) < 4.78 is 1.26. The maximum Gasteiger partial charge on any atom is 0.104 e. The Kier molecular flexibility index (Phi) is 2.20. The van der Waals surface area contributed by atoms with Crippen molar-refractivity contribution in [1.82, 2.24) is 4.98 Å². The molecule has 10 heavy (non-hydrogen) atoms.